The molecular formula is C17H18IN3S. The number of aromatic nitrogens is 1. The minimum atomic E-state index is 0. The average Bonchev–Trinajstić information content (AvgIpc) is 2.79. The Hall–Kier alpha value is -1.47. The summed E-state index contributed by atoms with van der Waals surface area (Å²) >= 11 is 1.30. The highest BCUT2D eigenvalue weighted by atomic mass is 127. The fraction of sp³-hybridized carbons (Fsp3) is 0.118. The zero-order valence-electron chi connectivity index (χ0n) is 12.2. The van der Waals surface area contributed by atoms with Crippen LogP contribution in [0.2, 0.25) is 0 Å². The summed E-state index contributed by atoms with van der Waals surface area (Å²) in [5, 5.41) is 8.75. The zero-order chi connectivity index (χ0) is 14.8. The largest absolute Gasteiger partial charge is 0.378 e. The molecule has 22 heavy (non-hydrogen) atoms. The molecule has 5 heteroatoms. The van der Waals surface area contributed by atoms with Crippen LogP contribution in [-0.2, 0) is 6.54 Å². The van der Waals surface area contributed by atoms with Crippen molar-refractivity contribution in [3.63, 3.8) is 0 Å². The summed E-state index contributed by atoms with van der Waals surface area (Å²) in [4.78, 5) is 1.03. The summed E-state index contributed by atoms with van der Waals surface area (Å²) in [6.07, 6.45) is 2.08. The van der Waals surface area contributed by atoms with Crippen molar-refractivity contribution in [2.45, 2.75) is 18.4 Å². The van der Waals surface area contributed by atoms with Crippen LogP contribution < -0.4 is 5.73 Å². The third kappa shape index (κ3) is 3.64. The number of hydrogen-bond acceptors (Lipinski definition) is 2. The molecule has 0 spiro atoms. The molecule has 1 aromatic heterocycles. The normalized spacial score (nSPS) is 10.4. The smallest absolute Gasteiger partial charge is 0.156 e. The Bertz CT molecular complexity index is 793. The fourth-order valence-corrected chi connectivity index (χ4v) is 3.13. The lowest BCUT2D eigenvalue weighted by Crippen LogP contribution is -2.02. The quantitative estimate of drug-likeness (QED) is 0.280. The number of rotatable bonds is 3. The number of benzene rings is 2. The molecule has 3 rings (SSSR count). The van der Waals surface area contributed by atoms with Crippen molar-refractivity contribution in [2.75, 3.05) is 0 Å². The van der Waals surface area contributed by atoms with Gasteiger partial charge in [0, 0.05) is 28.5 Å². The lowest BCUT2D eigenvalue weighted by Gasteiger charge is -2.05. The van der Waals surface area contributed by atoms with Gasteiger partial charge in [-0.05, 0) is 18.6 Å². The maximum Gasteiger partial charge on any atom is 0.156 e. The molecule has 0 amide bonds. The molecule has 2 aromatic carbocycles. The van der Waals surface area contributed by atoms with E-state index in [9.17, 15) is 0 Å². The number of aryl methyl sites for hydroxylation is 1. The van der Waals surface area contributed by atoms with E-state index in [1.165, 1.54) is 28.4 Å². The van der Waals surface area contributed by atoms with E-state index in [0.717, 1.165) is 16.8 Å². The van der Waals surface area contributed by atoms with Crippen molar-refractivity contribution in [1.29, 1.82) is 5.41 Å². The Morgan fingerprint density at radius 2 is 1.82 bits per heavy atom. The summed E-state index contributed by atoms with van der Waals surface area (Å²) in [5.41, 5.74) is 9.23. The molecule has 1 heterocycles. The molecule has 0 atom stereocenters. The third-order valence-electron chi connectivity index (χ3n) is 3.45. The van der Waals surface area contributed by atoms with Crippen molar-refractivity contribution < 1.29 is 0 Å². The highest BCUT2D eigenvalue weighted by molar-refractivity contribution is 14.0. The summed E-state index contributed by atoms with van der Waals surface area (Å²) < 4.78 is 2.21. The summed E-state index contributed by atoms with van der Waals surface area (Å²) in [5.74, 6) is 0. The van der Waals surface area contributed by atoms with Crippen LogP contribution in [0.5, 0.6) is 0 Å². The monoisotopic (exact) mass is 423 g/mol. The van der Waals surface area contributed by atoms with Crippen molar-refractivity contribution in [3.05, 3.63) is 65.9 Å². The Kier molecular flexibility index (Phi) is 5.52. The number of halogens is 1. The van der Waals surface area contributed by atoms with Gasteiger partial charge in [0.1, 0.15) is 0 Å². The van der Waals surface area contributed by atoms with E-state index in [1.807, 2.05) is 12.1 Å². The average molecular weight is 423 g/mol. The third-order valence-corrected chi connectivity index (χ3v) is 4.21. The summed E-state index contributed by atoms with van der Waals surface area (Å²) in [7, 11) is 0. The van der Waals surface area contributed by atoms with E-state index >= 15 is 0 Å². The Balaban J connectivity index is 0.00000176. The molecule has 3 N–H and O–H groups in total. The van der Waals surface area contributed by atoms with Gasteiger partial charge >= 0.3 is 0 Å². The molecule has 3 aromatic rings. The van der Waals surface area contributed by atoms with Gasteiger partial charge in [-0.2, -0.15) is 0 Å². The first kappa shape index (κ1) is 16.9. The number of amidine groups is 1. The van der Waals surface area contributed by atoms with E-state index in [2.05, 4.69) is 54.1 Å². The molecule has 0 saturated carbocycles. The van der Waals surface area contributed by atoms with E-state index in [4.69, 9.17) is 11.1 Å². The van der Waals surface area contributed by atoms with Crippen LogP contribution in [0.4, 0.5) is 0 Å². The number of para-hydroxylation sites is 1. The second kappa shape index (κ2) is 7.19. The van der Waals surface area contributed by atoms with Crippen LogP contribution in [0, 0.1) is 12.3 Å². The summed E-state index contributed by atoms with van der Waals surface area (Å²) in [6, 6.07) is 16.8. The maximum atomic E-state index is 7.49. The van der Waals surface area contributed by atoms with Crippen molar-refractivity contribution in [1.82, 2.24) is 4.57 Å². The minimum Gasteiger partial charge on any atom is -0.378 e. The van der Waals surface area contributed by atoms with Crippen molar-refractivity contribution in [3.8, 4) is 0 Å². The molecule has 3 nitrogen and oxygen atoms in total. The second-order valence-electron chi connectivity index (χ2n) is 5.09. The standard InChI is InChI=1S/C17H17N3S.HI/c1-12-6-8-13(9-7-12)10-20-11-16(21-17(18)19)14-4-2-3-5-15(14)20;/h2-9,11H,10H2,1H3,(H3,18,19);1H. The van der Waals surface area contributed by atoms with Crippen LogP contribution in [0.25, 0.3) is 10.9 Å². The number of hydrogen-bond donors (Lipinski definition) is 2. The Morgan fingerprint density at radius 3 is 2.50 bits per heavy atom. The second-order valence-corrected chi connectivity index (χ2v) is 6.17. The maximum absolute atomic E-state index is 7.49. The van der Waals surface area contributed by atoms with Gasteiger partial charge in [-0.3, -0.25) is 5.41 Å². The first-order valence-electron chi connectivity index (χ1n) is 6.79. The van der Waals surface area contributed by atoms with Gasteiger partial charge in [0.25, 0.3) is 0 Å². The molecule has 0 fully saturated rings. The SMILES string of the molecule is Cc1ccc(Cn2cc(SC(=N)N)c3ccccc32)cc1.I. The first-order valence-corrected chi connectivity index (χ1v) is 7.60. The van der Waals surface area contributed by atoms with Gasteiger partial charge in [0.05, 0.1) is 0 Å². The Labute approximate surface area is 151 Å². The van der Waals surface area contributed by atoms with E-state index in [-0.39, 0.29) is 29.1 Å². The van der Waals surface area contributed by atoms with Crippen molar-refractivity contribution >= 4 is 51.8 Å². The van der Waals surface area contributed by atoms with Gasteiger partial charge in [0.15, 0.2) is 5.17 Å². The topological polar surface area (TPSA) is 54.8 Å². The molecule has 0 unspecified atom stereocenters. The highest BCUT2D eigenvalue weighted by Gasteiger charge is 2.09. The van der Waals surface area contributed by atoms with Gasteiger partial charge in [-0.25, -0.2) is 0 Å². The number of fused-ring (bicyclic) bond motifs is 1. The van der Waals surface area contributed by atoms with Crippen LogP contribution in [-0.4, -0.2) is 9.73 Å². The van der Waals surface area contributed by atoms with Gasteiger partial charge < -0.3 is 10.3 Å². The minimum absolute atomic E-state index is 0. The van der Waals surface area contributed by atoms with Crippen LogP contribution in [0.3, 0.4) is 0 Å². The predicted molar refractivity (Wildman–Crippen MR) is 105 cm³/mol. The first-order chi connectivity index (χ1) is 10.1. The van der Waals surface area contributed by atoms with Gasteiger partial charge in [-0.15, -0.1) is 24.0 Å². The van der Waals surface area contributed by atoms with Crippen LogP contribution >= 0.6 is 35.7 Å². The number of nitrogens with two attached hydrogens (primary N) is 1. The zero-order valence-corrected chi connectivity index (χ0v) is 15.4. The molecule has 0 aliphatic heterocycles. The number of nitrogens with one attached hydrogen (secondary N) is 1. The molecule has 0 radical (unpaired) electrons. The van der Waals surface area contributed by atoms with E-state index < -0.39 is 0 Å². The van der Waals surface area contributed by atoms with Gasteiger partial charge in [0.2, 0.25) is 0 Å². The number of nitrogens with zero attached hydrogens (tertiary/aromatic N) is 1. The molecule has 0 bridgehead atoms. The predicted octanol–water partition coefficient (Wildman–Crippen LogP) is 4.60. The molecular weight excluding hydrogens is 405 g/mol. The van der Waals surface area contributed by atoms with Crippen LogP contribution in [0.15, 0.2) is 59.6 Å². The molecule has 0 aliphatic carbocycles. The molecule has 0 aliphatic rings. The lowest BCUT2D eigenvalue weighted by atomic mass is 10.1. The highest BCUT2D eigenvalue weighted by Crippen LogP contribution is 2.30. The molecule has 114 valence electrons. The van der Waals surface area contributed by atoms with Crippen molar-refractivity contribution in [2.24, 2.45) is 5.73 Å². The Morgan fingerprint density at radius 1 is 1.14 bits per heavy atom. The van der Waals surface area contributed by atoms with Crippen LogP contribution in [0.1, 0.15) is 11.1 Å². The number of thioether (sulfide) groups is 1. The molecule has 0 saturated heterocycles. The fourth-order valence-electron chi connectivity index (χ4n) is 2.43. The van der Waals surface area contributed by atoms with E-state index in [1.54, 1.807) is 0 Å². The lowest BCUT2D eigenvalue weighted by molar-refractivity contribution is 0.830. The van der Waals surface area contributed by atoms with E-state index in [0.29, 0.717) is 0 Å². The van der Waals surface area contributed by atoms with Gasteiger partial charge in [-0.1, -0.05) is 59.8 Å². The summed E-state index contributed by atoms with van der Waals surface area (Å²) in [6.45, 7) is 2.91.